The molecular weight excluding hydrogens is 306 g/mol. The van der Waals surface area contributed by atoms with Crippen LogP contribution in [0, 0.1) is 0 Å². The summed E-state index contributed by atoms with van der Waals surface area (Å²) in [6.45, 7) is 5.94. The zero-order valence-corrected chi connectivity index (χ0v) is 13.0. The predicted octanol–water partition coefficient (Wildman–Crippen LogP) is 4.31. The van der Waals surface area contributed by atoms with E-state index in [-0.39, 0.29) is 16.7 Å². The van der Waals surface area contributed by atoms with Gasteiger partial charge in [-0.25, -0.2) is 0 Å². The molecule has 102 valence electrons. The molecule has 19 heavy (non-hydrogen) atoms. The highest BCUT2D eigenvalue weighted by atomic mass is 79.9. The summed E-state index contributed by atoms with van der Waals surface area (Å²) in [5.41, 5.74) is 1.62. The number of fused-ring (bicyclic) bond motifs is 1. The first-order chi connectivity index (χ1) is 9.04. The second-order valence-corrected chi connectivity index (χ2v) is 5.89. The number of benzene rings is 1. The first-order valence-corrected chi connectivity index (χ1v) is 7.41. The van der Waals surface area contributed by atoms with Crippen LogP contribution in [-0.2, 0) is 0 Å². The molecule has 0 aliphatic carbocycles. The Hall–Kier alpha value is -1.29. The number of carbonyl (C=O) groups excluding carboxylic acids is 1. The van der Waals surface area contributed by atoms with Crippen molar-refractivity contribution in [1.29, 1.82) is 0 Å². The van der Waals surface area contributed by atoms with Crippen LogP contribution in [0.1, 0.15) is 37.6 Å². The number of hydrogen-bond donors (Lipinski definition) is 1. The van der Waals surface area contributed by atoms with E-state index in [1.807, 2.05) is 39.0 Å². The van der Waals surface area contributed by atoms with Gasteiger partial charge in [-0.1, -0.05) is 28.9 Å². The molecule has 0 fully saturated rings. The van der Waals surface area contributed by atoms with E-state index in [1.54, 1.807) is 6.20 Å². The van der Waals surface area contributed by atoms with Crippen molar-refractivity contribution < 1.29 is 9.53 Å². The van der Waals surface area contributed by atoms with Gasteiger partial charge in [-0.3, -0.25) is 4.79 Å². The quantitative estimate of drug-likeness (QED) is 0.658. The minimum atomic E-state index is -0.154. The number of hydrogen-bond acceptors (Lipinski definition) is 2. The van der Waals surface area contributed by atoms with Crippen molar-refractivity contribution >= 4 is 32.6 Å². The molecule has 0 spiro atoms. The third kappa shape index (κ3) is 2.84. The fourth-order valence-electron chi connectivity index (χ4n) is 2.05. The van der Waals surface area contributed by atoms with E-state index < -0.39 is 0 Å². The van der Waals surface area contributed by atoms with Gasteiger partial charge in [0.2, 0.25) is 0 Å². The predicted molar refractivity (Wildman–Crippen MR) is 81.4 cm³/mol. The molecule has 0 radical (unpaired) electrons. The van der Waals surface area contributed by atoms with Gasteiger partial charge in [-0.15, -0.1) is 0 Å². The number of halogens is 1. The SMILES string of the molecule is CCC(Br)C(=O)c1c[nH]c2cccc(OC(C)C)c12. The van der Waals surface area contributed by atoms with Crippen LogP contribution in [0.3, 0.4) is 0 Å². The molecule has 2 aromatic rings. The number of carbonyl (C=O) groups is 1. The molecular formula is C15H18BrNO2. The maximum Gasteiger partial charge on any atom is 0.178 e. The molecule has 0 saturated carbocycles. The first-order valence-electron chi connectivity index (χ1n) is 6.49. The van der Waals surface area contributed by atoms with Crippen LogP contribution in [-0.4, -0.2) is 21.7 Å². The molecule has 0 amide bonds. The second kappa shape index (κ2) is 5.78. The molecule has 4 heteroatoms. The van der Waals surface area contributed by atoms with Crippen molar-refractivity contribution in [1.82, 2.24) is 4.98 Å². The molecule has 3 nitrogen and oxygen atoms in total. The Morgan fingerprint density at radius 2 is 2.16 bits per heavy atom. The third-order valence-corrected chi connectivity index (χ3v) is 4.00. The van der Waals surface area contributed by atoms with Gasteiger partial charge in [0.1, 0.15) is 5.75 Å². The number of H-pyrrole nitrogens is 1. The van der Waals surface area contributed by atoms with Gasteiger partial charge >= 0.3 is 0 Å². The molecule has 1 aromatic heterocycles. The van der Waals surface area contributed by atoms with E-state index in [4.69, 9.17) is 4.74 Å². The lowest BCUT2D eigenvalue weighted by atomic mass is 10.1. The molecule has 1 aromatic carbocycles. The van der Waals surface area contributed by atoms with Crippen molar-refractivity contribution in [3.05, 3.63) is 30.0 Å². The highest BCUT2D eigenvalue weighted by molar-refractivity contribution is 9.10. The van der Waals surface area contributed by atoms with Crippen LogP contribution in [0.2, 0.25) is 0 Å². The molecule has 1 heterocycles. The third-order valence-electron chi connectivity index (χ3n) is 2.94. The summed E-state index contributed by atoms with van der Waals surface area (Å²) in [7, 11) is 0. The Balaban J connectivity index is 2.53. The van der Waals surface area contributed by atoms with Crippen molar-refractivity contribution in [2.45, 2.75) is 38.1 Å². The van der Waals surface area contributed by atoms with Crippen LogP contribution in [0.25, 0.3) is 10.9 Å². The van der Waals surface area contributed by atoms with Gasteiger partial charge in [-0.2, -0.15) is 0 Å². The second-order valence-electron chi connectivity index (χ2n) is 4.79. The van der Waals surface area contributed by atoms with Crippen molar-refractivity contribution in [3.8, 4) is 5.75 Å². The van der Waals surface area contributed by atoms with E-state index >= 15 is 0 Å². The van der Waals surface area contributed by atoms with Gasteiger partial charge < -0.3 is 9.72 Å². The lowest BCUT2D eigenvalue weighted by molar-refractivity contribution is 0.0991. The normalized spacial score (nSPS) is 12.9. The lowest BCUT2D eigenvalue weighted by Crippen LogP contribution is -2.13. The van der Waals surface area contributed by atoms with E-state index in [0.717, 1.165) is 23.1 Å². The molecule has 0 saturated heterocycles. The van der Waals surface area contributed by atoms with Gasteiger partial charge in [0.25, 0.3) is 0 Å². The average molecular weight is 324 g/mol. The number of ketones is 1. The fraction of sp³-hybridized carbons (Fsp3) is 0.400. The number of nitrogens with one attached hydrogen (secondary N) is 1. The Bertz CT molecular complexity index is 589. The largest absolute Gasteiger partial charge is 0.490 e. The Labute approximate surface area is 121 Å². The monoisotopic (exact) mass is 323 g/mol. The van der Waals surface area contributed by atoms with Crippen LogP contribution in [0.5, 0.6) is 5.75 Å². The Kier molecular flexibility index (Phi) is 4.30. The number of aromatic nitrogens is 1. The van der Waals surface area contributed by atoms with Crippen molar-refractivity contribution in [3.63, 3.8) is 0 Å². The summed E-state index contributed by atoms with van der Waals surface area (Å²) in [6, 6.07) is 5.78. The summed E-state index contributed by atoms with van der Waals surface area (Å²) in [5, 5.41) is 0.874. The van der Waals surface area contributed by atoms with Crippen LogP contribution >= 0.6 is 15.9 Å². The molecule has 0 aliphatic rings. The maximum absolute atomic E-state index is 12.4. The summed E-state index contributed by atoms with van der Waals surface area (Å²) in [5.74, 6) is 0.849. The van der Waals surface area contributed by atoms with Gasteiger partial charge in [-0.05, 0) is 32.4 Å². The smallest absolute Gasteiger partial charge is 0.178 e. The maximum atomic E-state index is 12.4. The lowest BCUT2D eigenvalue weighted by Gasteiger charge is -2.12. The van der Waals surface area contributed by atoms with E-state index in [1.165, 1.54) is 0 Å². The summed E-state index contributed by atoms with van der Waals surface area (Å²) in [6.07, 6.45) is 2.61. The van der Waals surface area contributed by atoms with E-state index in [0.29, 0.717) is 5.56 Å². The number of rotatable bonds is 5. The number of Topliss-reactive ketones (excluding diaryl/α,β-unsaturated/α-hetero) is 1. The minimum Gasteiger partial charge on any atom is -0.490 e. The highest BCUT2D eigenvalue weighted by Gasteiger charge is 2.21. The molecule has 1 atom stereocenters. The highest BCUT2D eigenvalue weighted by Crippen LogP contribution is 2.31. The molecule has 1 unspecified atom stereocenters. The topological polar surface area (TPSA) is 42.1 Å². The van der Waals surface area contributed by atoms with Crippen LogP contribution in [0.15, 0.2) is 24.4 Å². The van der Waals surface area contributed by atoms with Gasteiger partial charge in [0, 0.05) is 17.3 Å². The van der Waals surface area contributed by atoms with Crippen molar-refractivity contribution in [2.75, 3.05) is 0 Å². The summed E-state index contributed by atoms with van der Waals surface area (Å²) in [4.78, 5) is 15.4. The Morgan fingerprint density at radius 3 is 2.79 bits per heavy atom. The zero-order valence-electron chi connectivity index (χ0n) is 11.4. The van der Waals surface area contributed by atoms with Crippen LogP contribution < -0.4 is 4.74 Å². The number of ether oxygens (including phenoxy) is 1. The molecule has 2 rings (SSSR count). The molecule has 1 N–H and O–H groups in total. The fourth-order valence-corrected chi connectivity index (χ4v) is 2.30. The molecule has 0 bridgehead atoms. The molecule has 0 aliphatic heterocycles. The number of aromatic amines is 1. The zero-order chi connectivity index (χ0) is 14.0. The van der Waals surface area contributed by atoms with Gasteiger partial charge in [0.05, 0.1) is 16.3 Å². The first kappa shape index (κ1) is 14.1. The van der Waals surface area contributed by atoms with E-state index in [2.05, 4.69) is 20.9 Å². The van der Waals surface area contributed by atoms with E-state index in [9.17, 15) is 4.79 Å². The standard InChI is InChI=1S/C15H18BrNO2/c1-4-11(16)15(18)10-8-17-12-6-5-7-13(14(10)12)19-9(2)3/h5-9,11,17H,4H2,1-3H3. The van der Waals surface area contributed by atoms with Crippen LogP contribution in [0.4, 0.5) is 0 Å². The summed E-state index contributed by atoms with van der Waals surface area (Å²) >= 11 is 3.42. The minimum absolute atomic E-state index is 0.0781. The van der Waals surface area contributed by atoms with Gasteiger partial charge in [0.15, 0.2) is 5.78 Å². The van der Waals surface area contributed by atoms with Crippen molar-refractivity contribution in [2.24, 2.45) is 0 Å². The summed E-state index contributed by atoms with van der Waals surface area (Å²) < 4.78 is 5.80. The number of alkyl halides is 1. The average Bonchev–Trinajstić information content (AvgIpc) is 2.81. The Morgan fingerprint density at radius 1 is 1.42 bits per heavy atom.